The number of fused-ring (bicyclic) bond motifs is 2. The number of hydrogen-bond acceptors (Lipinski definition) is 3. The molecule has 4 rings (SSSR count). The van der Waals surface area contributed by atoms with E-state index >= 15 is 0 Å². The molecule has 0 N–H and O–H groups in total. The number of aromatic nitrogens is 3. The summed E-state index contributed by atoms with van der Waals surface area (Å²) in [6.07, 6.45) is 6.14. The van der Waals surface area contributed by atoms with Gasteiger partial charge in [-0.1, -0.05) is 12.1 Å². The van der Waals surface area contributed by atoms with Gasteiger partial charge in [0.25, 0.3) is 0 Å². The van der Waals surface area contributed by atoms with E-state index in [4.69, 9.17) is 0 Å². The first-order chi connectivity index (χ1) is 10.7. The lowest BCUT2D eigenvalue weighted by Crippen LogP contribution is -1.84. The largest absolute Gasteiger partial charge is 0.303 e. The second-order valence-electron chi connectivity index (χ2n) is 5.36. The minimum absolute atomic E-state index is 0.980. The van der Waals surface area contributed by atoms with Crippen LogP contribution >= 0.6 is 11.3 Å². The molecule has 0 unspecified atom stereocenters. The highest BCUT2D eigenvalue weighted by atomic mass is 32.1. The lowest BCUT2D eigenvalue weighted by atomic mass is 10.2. The van der Waals surface area contributed by atoms with Gasteiger partial charge in [-0.2, -0.15) is 0 Å². The quantitative estimate of drug-likeness (QED) is 0.536. The Balaban J connectivity index is 1.75. The van der Waals surface area contributed by atoms with Gasteiger partial charge in [0.1, 0.15) is 10.8 Å². The second-order valence-corrected chi connectivity index (χ2v) is 6.42. The molecule has 3 aromatic heterocycles. The molecule has 3 nitrogen and oxygen atoms in total. The molecule has 0 atom stereocenters. The van der Waals surface area contributed by atoms with E-state index in [0.717, 1.165) is 27.6 Å². The number of hydrogen-bond donors (Lipinski definition) is 0. The van der Waals surface area contributed by atoms with Crippen molar-refractivity contribution in [3.8, 4) is 0 Å². The Kier molecular flexibility index (Phi) is 3.05. The fourth-order valence-electron chi connectivity index (χ4n) is 2.62. The van der Waals surface area contributed by atoms with Gasteiger partial charge in [-0.25, -0.2) is 9.97 Å². The Morgan fingerprint density at radius 1 is 1.05 bits per heavy atom. The number of imidazole rings is 1. The van der Waals surface area contributed by atoms with Gasteiger partial charge in [0.15, 0.2) is 0 Å². The highest BCUT2D eigenvalue weighted by Gasteiger charge is 2.05. The van der Waals surface area contributed by atoms with Crippen LogP contribution in [0.2, 0.25) is 0 Å². The summed E-state index contributed by atoms with van der Waals surface area (Å²) in [4.78, 5) is 9.30. The molecule has 3 heterocycles. The molecule has 1 aromatic carbocycles. The van der Waals surface area contributed by atoms with Gasteiger partial charge < -0.3 is 4.40 Å². The van der Waals surface area contributed by atoms with Crippen molar-refractivity contribution in [3.63, 3.8) is 0 Å². The summed E-state index contributed by atoms with van der Waals surface area (Å²) in [6.45, 7) is 4.11. The van der Waals surface area contributed by atoms with Crippen molar-refractivity contribution < 1.29 is 0 Å². The van der Waals surface area contributed by atoms with Crippen LogP contribution in [0.25, 0.3) is 27.9 Å². The number of rotatable bonds is 2. The summed E-state index contributed by atoms with van der Waals surface area (Å²) in [7, 11) is 0. The van der Waals surface area contributed by atoms with Gasteiger partial charge in [-0.15, -0.1) is 11.3 Å². The van der Waals surface area contributed by atoms with Crippen LogP contribution in [-0.4, -0.2) is 14.4 Å². The third kappa shape index (κ3) is 2.22. The van der Waals surface area contributed by atoms with Crippen molar-refractivity contribution >= 4 is 39.2 Å². The molecular formula is C18H15N3S. The fraction of sp³-hybridized carbons (Fsp3) is 0.111. The summed E-state index contributed by atoms with van der Waals surface area (Å²) in [5.41, 5.74) is 4.40. The van der Waals surface area contributed by atoms with Crippen molar-refractivity contribution in [2.75, 3.05) is 0 Å². The van der Waals surface area contributed by atoms with Crippen molar-refractivity contribution in [3.05, 3.63) is 64.7 Å². The highest BCUT2D eigenvalue weighted by Crippen LogP contribution is 2.25. The molecule has 108 valence electrons. The van der Waals surface area contributed by atoms with Crippen LogP contribution in [0.15, 0.2) is 42.6 Å². The maximum Gasteiger partial charge on any atom is 0.117 e. The molecule has 0 radical (unpaired) electrons. The highest BCUT2D eigenvalue weighted by molar-refractivity contribution is 7.19. The molecule has 22 heavy (non-hydrogen) atoms. The maximum absolute atomic E-state index is 4.67. The van der Waals surface area contributed by atoms with E-state index in [1.807, 2.05) is 31.3 Å². The average Bonchev–Trinajstić information content (AvgIpc) is 3.06. The van der Waals surface area contributed by atoms with E-state index in [9.17, 15) is 0 Å². The minimum atomic E-state index is 0.980. The standard InChI is InChI=1S/C18H15N3S/c1-12-6-8-17-15(11-12)20-18(22-17)9-7-14-16-5-3-4-10-21(16)13(2)19-14/h3-11H,1-2H3. The van der Waals surface area contributed by atoms with E-state index in [-0.39, 0.29) is 0 Å². The zero-order valence-electron chi connectivity index (χ0n) is 12.4. The van der Waals surface area contributed by atoms with Crippen LogP contribution in [0.5, 0.6) is 0 Å². The predicted octanol–water partition coefficient (Wildman–Crippen LogP) is 4.73. The third-order valence-corrected chi connectivity index (χ3v) is 4.70. The molecule has 0 aliphatic rings. The first-order valence-electron chi connectivity index (χ1n) is 7.20. The van der Waals surface area contributed by atoms with Crippen LogP contribution in [0, 0.1) is 13.8 Å². The lowest BCUT2D eigenvalue weighted by molar-refractivity contribution is 1.04. The van der Waals surface area contributed by atoms with Crippen molar-refractivity contribution in [1.82, 2.24) is 14.4 Å². The third-order valence-electron chi connectivity index (χ3n) is 3.70. The van der Waals surface area contributed by atoms with Gasteiger partial charge in [-0.05, 0) is 55.8 Å². The van der Waals surface area contributed by atoms with Crippen molar-refractivity contribution in [2.45, 2.75) is 13.8 Å². The number of pyridine rings is 1. The summed E-state index contributed by atoms with van der Waals surface area (Å²) in [5, 5.41) is 1.01. The van der Waals surface area contributed by atoms with E-state index in [1.165, 1.54) is 10.3 Å². The lowest BCUT2D eigenvalue weighted by Gasteiger charge is -1.93. The number of thiazole rings is 1. The molecule has 0 aliphatic heterocycles. The number of aryl methyl sites for hydroxylation is 2. The molecule has 0 bridgehead atoms. The average molecular weight is 305 g/mol. The Bertz CT molecular complexity index is 1010. The monoisotopic (exact) mass is 305 g/mol. The zero-order valence-corrected chi connectivity index (χ0v) is 13.3. The summed E-state index contributed by atoms with van der Waals surface area (Å²) >= 11 is 1.70. The Hall–Kier alpha value is -2.46. The van der Waals surface area contributed by atoms with Gasteiger partial charge in [0.05, 0.1) is 21.4 Å². The smallest absolute Gasteiger partial charge is 0.117 e. The predicted molar refractivity (Wildman–Crippen MR) is 93.2 cm³/mol. The summed E-state index contributed by atoms with van der Waals surface area (Å²) in [6, 6.07) is 12.5. The molecule has 0 spiro atoms. The first kappa shape index (κ1) is 13.2. The maximum atomic E-state index is 4.67. The van der Waals surface area contributed by atoms with Crippen molar-refractivity contribution in [2.24, 2.45) is 0 Å². The second kappa shape index (κ2) is 5.07. The molecule has 4 heteroatoms. The van der Waals surface area contributed by atoms with Crippen molar-refractivity contribution in [1.29, 1.82) is 0 Å². The molecule has 0 saturated carbocycles. The molecule has 0 aliphatic carbocycles. The topological polar surface area (TPSA) is 30.2 Å². The van der Waals surface area contributed by atoms with E-state index in [1.54, 1.807) is 11.3 Å². The van der Waals surface area contributed by atoms with E-state index < -0.39 is 0 Å². The number of benzene rings is 1. The normalized spacial score (nSPS) is 11.9. The SMILES string of the molecule is Cc1ccc2sc(C=Cc3nc(C)n4ccccc34)nc2c1. The van der Waals surface area contributed by atoms with Gasteiger partial charge in [0, 0.05) is 6.20 Å². The summed E-state index contributed by atoms with van der Waals surface area (Å²) < 4.78 is 3.32. The van der Waals surface area contributed by atoms with Crippen LogP contribution < -0.4 is 0 Å². The Labute approximate surface area is 132 Å². The Morgan fingerprint density at radius 3 is 2.86 bits per heavy atom. The zero-order chi connectivity index (χ0) is 15.1. The molecule has 0 fully saturated rings. The number of nitrogens with zero attached hydrogens (tertiary/aromatic N) is 3. The Morgan fingerprint density at radius 2 is 1.95 bits per heavy atom. The fourth-order valence-corrected chi connectivity index (χ4v) is 3.47. The van der Waals surface area contributed by atoms with Crippen LogP contribution in [0.1, 0.15) is 22.1 Å². The summed E-state index contributed by atoms with van der Waals surface area (Å²) in [5.74, 6) is 0.996. The van der Waals surface area contributed by atoms with Gasteiger partial charge >= 0.3 is 0 Å². The van der Waals surface area contributed by atoms with Crippen LogP contribution in [0.3, 0.4) is 0 Å². The molecule has 0 saturated heterocycles. The van der Waals surface area contributed by atoms with Crippen LogP contribution in [-0.2, 0) is 0 Å². The van der Waals surface area contributed by atoms with Gasteiger partial charge in [0.2, 0.25) is 0 Å². The van der Waals surface area contributed by atoms with Gasteiger partial charge in [-0.3, -0.25) is 0 Å². The first-order valence-corrected chi connectivity index (χ1v) is 8.01. The molecule has 0 amide bonds. The minimum Gasteiger partial charge on any atom is -0.303 e. The molecular weight excluding hydrogens is 290 g/mol. The van der Waals surface area contributed by atoms with E-state index in [0.29, 0.717) is 0 Å². The van der Waals surface area contributed by atoms with Crippen LogP contribution in [0.4, 0.5) is 0 Å². The molecule has 4 aromatic rings. The van der Waals surface area contributed by atoms with E-state index in [2.05, 4.69) is 51.6 Å².